The van der Waals surface area contributed by atoms with Crippen molar-refractivity contribution >= 4 is 5.78 Å². The summed E-state index contributed by atoms with van der Waals surface area (Å²) in [6, 6.07) is 6.93. The second kappa shape index (κ2) is 6.78. The summed E-state index contributed by atoms with van der Waals surface area (Å²) >= 11 is 0. The molecule has 1 unspecified atom stereocenters. The molecule has 2 heterocycles. The van der Waals surface area contributed by atoms with E-state index in [0.29, 0.717) is 22.8 Å². The van der Waals surface area contributed by atoms with Crippen LogP contribution in [-0.2, 0) is 6.42 Å². The zero-order chi connectivity index (χ0) is 19.1. The number of rotatable bonds is 4. The number of ketones is 1. The van der Waals surface area contributed by atoms with Gasteiger partial charge in [0.1, 0.15) is 5.75 Å². The first-order valence-corrected chi connectivity index (χ1v) is 9.02. The Labute approximate surface area is 158 Å². The van der Waals surface area contributed by atoms with Crippen LogP contribution in [0, 0.1) is 6.92 Å². The van der Waals surface area contributed by atoms with E-state index in [1.165, 1.54) is 0 Å². The van der Waals surface area contributed by atoms with Crippen LogP contribution in [0.3, 0.4) is 0 Å². The maximum Gasteiger partial charge on any atom is 0.231 e. The molecule has 1 atom stereocenters. The number of Topliss-reactive ketones (excluding diaryl/α,β-unsaturated/α-hetero) is 1. The molecule has 0 aromatic heterocycles. The predicted octanol–water partition coefficient (Wildman–Crippen LogP) is 3.24. The lowest BCUT2D eigenvalue weighted by molar-refractivity contribution is 0.0923. The van der Waals surface area contributed by atoms with Crippen LogP contribution in [0.5, 0.6) is 23.0 Å². The summed E-state index contributed by atoms with van der Waals surface area (Å²) in [5.74, 6) is 1.85. The molecule has 2 aromatic carbocycles. The van der Waals surface area contributed by atoms with Gasteiger partial charge in [0.05, 0.1) is 12.7 Å². The Balaban J connectivity index is 1.74. The van der Waals surface area contributed by atoms with Crippen molar-refractivity contribution in [3.8, 4) is 23.0 Å². The van der Waals surface area contributed by atoms with Crippen molar-refractivity contribution in [3.05, 3.63) is 46.5 Å². The van der Waals surface area contributed by atoms with Crippen LogP contribution < -0.4 is 14.2 Å². The van der Waals surface area contributed by atoms with Crippen LogP contribution in [0.25, 0.3) is 0 Å². The summed E-state index contributed by atoms with van der Waals surface area (Å²) < 4.78 is 16.8. The summed E-state index contributed by atoms with van der Waals surface area (Å²) in [5.41, 5.74) is 3.38. The third-order valence-electron chi connectivity index (χ3n) is 5.38. The van der Waals surface area contributed by atoms with Gasteiger partial charge in [-0.3, -0.25) is 9.69 Å². The highest BCUT2D eigenvalue weighted by Gasteiger charge is 2.35. The van der Waals surface area contributed by atoms with Crippen LogP contribution in [0.1, 0.15) is 39.5 Å². The number of nitrogens with zero attached hydrogens (tertiary/aromatic N) is 1. The second-order valence-corrected chi connectivity index (χ2v) is 7.11. The van der Waals surface area contributed by atoms with Gasteiger partial charge in [-0.05, 0) is 44.2 Å². The average molecular weight is 369 g/mol. The number of carbonyl (C=O) groups is 1. The molecule has 0 bridgehead atoms. The highest BCUT2D eigenvalue weighted by molar-refractivity contribution is 5.99. The first-order valence-electron chi connectivity index (χ1n) is 9.02. The topological polar surface area (TPSA) is 68.2 Å². The van der Waals surface area contributed by atoms with E-state index in [1.807, 2.05) is 20.0 Å². The lowest BCUT2D eigenvalue weighted by atomic mass is 9.87. The Morgan fingerprint density at radius 1 is 1.33 bits per heavy atom. The Morgan fingerprint density at radius 3 is 2.93 bits per heavy atom. The number of likely N-dealkylation sites (N-methyl/N-ethyl adjacent to an activating group) is 1. The van der Waals surface area contributed by atoms with Gasteiger partial charge in [0.2, 0.25) is 12.5 Å². The molecule has 4 rings (SSSR count). The third kappa shape index (κ3) is 3.00. The van der Waals surface area contributed by atoms with Gasteiger partial charge >= 0.3 is 0 Å². The average Bonchev–Trinajstić information content (AvgIpc) is 3.12. The largest absolute Gasteiger partial charge is 0.507 e. The minimum Gasteiger partial charge on any atom is -0.507 e. The molecule has 0 amide bonds. The van der Waals surface area contributed by atoms with E-state index in [9.17, 15) is 9.90 Å². The van der Waals surface area contributed by atoms with E-state index in [-0.39, 0.29) is 30.8 Å². The summed E-state index contributed by atoms with van der Waals surface area (Å²) in [7, 11) is 3.61. The second-order valence-electron chi connectivity index (χ2n) is 7.11. The molecule has 2 aliphatic rings. The van der Waals surface area contributed by atoms with E-state index in [0.717, 1.165) is 29.7 Å². The SMILES string of the molecule is COc1c2c(cc3c1C(CC(=O)c1cc(C)ccc1O)N(C)CC3)OCO2. The number of phenolic OH excluding ortho intramolecular Hbond substituents is 1. The first kappa shape index (κ1) is 17.7. The molecular weight excluding hydrogens is 346 g/mol. The lowest BCUT2D eigenvalue weighted by Gasteiger charge is -2.35. The third-order valence-corrected chi connectivity index (χ3v) is 5.38. The highest BCUT2D eigenvalue weighted by Crippen LogP contribution is 2.50. The van der Waals surface area contributed by atoms with Crippen LogP contribution in [0.4, 0.5) is 0 Å². The number of ether oxygens (including phenoxy) is 3. The van der Waals surface area contributed by atoms with Gasteiger partial charge in [0, 0.05) is 24.6 Å². The van der Waals surface area contributed by atoms with Crippen LogP contribution in [0.15, 0.2) is 24.3 Å². The Kier molecular flexibility index (Phi) is 4.44. The van der Waals surface area contributed by atoms with Gasteiger partial charge in [0.25, 0.3) is 0 Å². The molecule has 27 heavy (non-hydrogen) atoms. The molecule has 0 radical (unpaired) electrons. The van der Waals surface area contributed by atoms with Gasteiger partial charge < -0.3 is 19.3 Å². The molecule has 2 aromatic rings. The quantitative estimate of drug-likeness (QED) is 0.835. The summed E-state index contributed by atoms with van der Waals surface area (Å²) in [6.07, 6.45) is 1.09. The van der Waals surface area contributed by atoms with E-state index in [4.69, 9.17) is 14.2 Å². The normalized spacial score (nSPS) is 18.3. The summed E-state index contributed by atoms with van der Waals surface area (Å²) in [4.78, 5) is 15.1. The van der Waals surface area contributed by atoms with Gasteiger partial charge in [-0.1, -0.05) is 11.6 Å². The summed E-state index contributed by atoms with van der Waals surface area (Å²) in [6.45, 7) is 2.90. The van der Waals surface area contributed by atoms with Gasteiger partial charge in [-0.25, -0.2) is 0 Å². The van der Waals surface area contributed by atoms with Crippen molar-refractivity contribution in [1.82, 2.24) is 4.90 Å². The predicted molar refractivity (Wildman–Crippen MR) is 100.0 cm³/mol. The van der Waals surface area contributed by atoms with Crippen molar-refractivity contribution in [2.45, 2.75) is 25.8 Å². The minimum atomic E-state index is -0.161. The fourth-order valence-electron chi connectivity index (χ4n) is 3.94. The number of fused-ring (bicyclic) bond motifs is 2. The standard InChI is InChI=1S/C21H23NO5/c1-12-4-5-16(23)14(8-12)17(24)10-15-19-13(6-7-22(15)2)9-18-20(21(19)25-3)27-11-26-18/h4-5,8-9,15,23H,6-7,10-11H2,1-3H3. The molecule has 0 fully saturated rings. The van der Waals surface area contributed by atoms with E-state index in [1.54, 1.807) is 25.3 Å². The molecule has 0 saturated heterocycles. The molecular formula is C21H23NO5. The molecule has 2 aliphatic heterocycles. The van der Waals surface area contributed by atoms with Crippen LogP contribution >= 0.6 is 0 Å². The minimum absolute atomic E-state index is 0.0157. The number of aryl methyl sites for hydroxylation is 1. The van der Waals surface area contributed by atoms with Crippen molar-refractivity contribution in [3.63, 3.8) is 0 Å². The molecule has 0 saturated carbocycles. The maximum atomic E-state index is 13.0. The fraction of sp³-hybridized carbons (Fsp3) is 0.381. The van der Waals surface area contributed by atoms with Crippen molar-refractivity contribution in [2.24, 2.45) is 0 Å². The van der Waals surface area contributed by atoms with E-state index < -0.39 is 0 Å². The molecule has 1 N–H and O–H groups in total. The zero-order valence-corrected chi connectivity index (χ0v) is 15.7. The van der Waals surface area contributed by atoms with Gasteiger partial charge in [-0.15, -0.1) is 0 Å². The Morgan fingerprint density at radius 2 is 2.15 bits per heavy atom. The van der Waals surface area contributed by atoms with Gasteiger partial charge in [0.15, 0.2) is 17.3 Å². The zero-order valence-electron chi connectivity index (χ0n) is 15.7. The number of carbonyl (C=O) groups excluding carboxylic acids is 1. The molecule has 6 nitrogen and oxygen atoms in total. The summed E-state index contributed by atoms with van der Waals surface area (Å²) in [5, 5.41) is 10.1. The van der Waals surface area contributed by atoms with Crippen molar-refractivity contribution in [2.75, 3.05) is 27.5 Å². The molecule has 0 spiro atoms. The van der Waals surface area contributed by atoms with Crippen LogP contribution in [0.2, 0.25) is 0 Å². The Bertz CT molecular complexity index is 908. The highest BCUT2D eigenvalue weighted by atomic mass is 16.7. The van der Waals surface area contributed by atoms with E-state index in [2.05, 4.69) is 4.90 Å². The smallest absolute Gasteiger partial charge is 0.231 e. The monoisotopic (exact) mass is 369 g/mol. The Hall–Kier alpha value is -2.73. The molecule has 6 heteroatoms. The maximum absolute atomic E-state index is 13.0. The van der Waals surface area contributed by atoms with Gasteiger partial charge in [-0.2, -0.15) is 0 Å². The number of phenols is 1. The van der Waals surface area contributed by atoms with E-state index >= 15 is 0 Å². The van der Waals surface area contributed by atoms with Crippen molar-refractivity contribution < 1.29 is 24.1 Å². The number of aromatic hydroxyl groups is 1. The number of methoxy groups -OCH3 is 1. The van der Waals surface area contributed by atoms with Crippen molar-refractivity contribution in [1.29, 1.82) is 0 Å². The number of hydrogen-bond acceptors (Lipinski definition) is 6. The lowest BCUT2D eigenvalue weighted by Crippen LogP contribution is -2.34. The number of hydrogen-bond donors (Lipinski definition) is 1. The molecule has 142 valence electrons. The first-order chi connectivity index (χ1) is 13.0. The fourth-order valence-corrected chi connectivity index (χ4v) is 3.94. The molecule has 0 aliphatic carbocycles. The number of benzene rings is 2. The van der Waals surface area contributed by atoms with Crippen LogP contribution in [-0.4, -0.2) is 43.3 Å².